The predicted molar refractivity (Wildman–Crippen MR) is 77.7 cm³/mol. The Morgan fingerprint density at radius 2 is 1.89 bits per heavy atom. The molecular weight excluding hydrogens is 262 g/mol. The van der Waals surface area contributed by atoms with Crippen molar-refractivity contribution in [3.63, 3.8) is 0 Å². The Morgan fingerprint density at radius 3 is 2.58 bits per heavy atom. The molecule has 0 aromatic carbocycles. The Morgan fingerprint density at radius 1 is 1.16 bits per heavy atom. The van der Waals surface area contributed by atoms with Crippen LogP contribution in [0.1, 0.15) is 32.1 Å². The van der Waals surface area contributed by atoms with Crippen molar-refractivity contribution in [1.82, 2.24) is 14.5 Å². The molecule has 2 saturated heterocycles. The SMILES string of the molecule is CNCCCS(=O)(=O)N1CCC(N2CCCCC2)C1. The van der Waals surface area contributed by atoms with Gasteiger partial charge in [0, 0.05) is 19.1 Å². The van der Waals surface area contributed by atoms with Gasteiger partial charge < -0.3 is 5.32 Å². The first-order valence-electron chi connectivity index (χ1n) is 7.50. The second-order valence-electron chi connectivity index (χ2n) is 5.67. The summed E-state index contributed by atoms with van der Waals surface area (Å²) in [7, 11) is -1.18. The molecule has 0 aromatic heterocycles. The fourth-order valence-corrected chi connectivity index (χ4v) is 4.66. The molecule has 1 N–H and O–H groups in total. The summed E-state index contributed by atoms with van der Waals surface area (Å²) in [5.41, 5.74) is 0. The molecule has 6 heteroatoms. The van der Waals surface area contributed by atoms with Gasteiger partial charge in [0.25, 0.3) is 0 Å². The zero-order valence-corrected chi connectivity index (χ0v) is 12.8. The topological polar surface area (TPSA) is 52.7 Å². The van der Waals surface area contributed by atoms with Crippen molar-refractivity contribution in [1.29, 1.82) is 0 Å². The molecule has 0 spiro atoms. The van der Waals surface area contributed by atoms with Gasteiger partial charge in [-0.05, 0) is 52.4 Å². The Hall–Kier alpha value is -0.170. The fraction of sp³-hybridized carbons (Fsp3) is 1.00. The minimum absolute atomic E-state index is 0.278. The molecule has 19 heavy (non-hydrogen) atoms. The van der Waals surface area contributed by atoms with E-state index in [4.69, 9.17) is 0 Å². The lowest BCUT2D eigenvalue weighted by Gasteiger charge is -2.32. The van der Waals surface area contributed by atoms with Gasteiger partial charge in [0.15, 0.2) is 0 Å². The lowest BCUT2D eigenvalue weighted by Crippen LogP contribution is -2.42. The first-order valence-corrected chi connectivity index (χ1v) is 9.11. The van der Waals surface area contributed by atoms with Crippen molar-refractivity contribution in [3.05, 3.63) is 0 Å². The molecule has 2 heterocycles. The fourth-order valence-electron chi connectivity index (χ4n) is 3.11. The molecule has 5 nitrogen and oxygen atoms in total. The molecular formula is C13H27N3O2S. The highest BCUT2D eigenvalue weighted by Crippen LogP contribution is 2.22. The second-order valence-corrected chi connectivity index (χ2v) is 7.76. The molecule has 2 aliphatic heterocycles. The van der Waals surface area contributed by atoms with Crippen LogP contribution in [0.4, 0.5) is 0 Å². The summed E-state index contributed by atoms with van der Waals surface area (Å²) in [5.74, 6) is 0.278. The Bertz CT molecular complexity index is 366. The minimum Gasteiger partial charge on any atom is -0.320 e. The average molecular weight is 289 g/mol. The number of nitrogens with one attached hydrogen (secondary N) is 1. The zero-order valence-electron chi connectivity index (χ0n) is 12.0. The quantitative estimate of drug-likeness (QED) is 0.723. The van der Waals surface area contributed by atoms with Gasteiger partial charge in [0.05, 0.1) is 5.75 Å². The van der Waals surface area contributed by atoms with Crippen molar-refractivity contribution in [2.45, 2.75) is 38.1 Å². The van der Waals surface area contributed by atoms with E-state index in [1.807, 2.05) is 7.05 Å². The number of piperidine rings is 1. The molecule has 0 aliphatic carbocycles. The maximum atomic E-state index is 12.2. The van der Waals surface area contributed by atoms with Crippen LogP contribution in [0.25, 0.3) is 0 Å². The van der Waals surface area contributed by atoms with E-state index in [2.05, 4.69) is 10.2 Å². The molecule has 2 rings (SSSR count). The molecule has 0 amide bonds. The summed E-state index contributed by atoms with van der Waals surface area (Å²) in [6.07, 6.45) is 5.57. The van der Waals surface area contributed by atoms with Gasteiger partial charge in [-0.25, -0.2) is 12.7 Å². The Balaban J connectivity index is 1.83. The normalized spacial score (nSPS) is 26.9. The third-order valence-electron chi connectivity index (χ3n) is 4.26. The third kappa shape index (κ3) is 4.15. The standard InChI is InChI=1S/C13H27N3O2S/c1-14-7-5-11-19(17,18)16-10-6-13(12-16)15-8-3-2-4-9-15/h13-14H,2-12H2,1H3. The van der Waals surface area contributed by atoms with Crippen molar-refractivity contribution >= 4 is 10.0 Å². The number of hydrogen-bond acceptors (Lipinski definition) is 4. The Labute approximate surface area is 117 Å². The van der Waals surface area contributed by atoms with Gasteiger partial charge >= 0.3 is 0 Å². The van der Waals surface area contributed by atoms with Gasteiger partial charge in [0.2, 0.25) is 10.0 Å². The Kier molecular flexibility index (Phi) is 5.62. The van der Waals surface area contributed by atoms with Gasteiger partial charge in [-0.2, -0.15) is 0 Å². The van der Waals surface area contributed by atoms with Gasteiger partial charge in [-0.15, -0.1) is 0 Å². The second kappa shape index (κ2) is 7.02. The maximum absolute atomic E-state index is 12.2. The highest BCUT2D eigenvalue weighted by Gasteiger charge is 2.34. The number of nitrogens with zero attached hydrogens (tertiary/aromatic N) is 2. The predicted octanol–water partition coefficient (Wildman–Crippen LogP) is 0.486. The molecule has 2 fully saturated rings. The van der Waals surface area contributed by atoms with E-state index in [1.165, 1.54) is 19.3 Å². The van der Waals surface area contributed by atoms with E-state index < -0.39 is 10.0 Å². The third-order valence-corrected chi connectivity index (χ3v) is 6.18. The van der Waals surface area contributed by atoms with Crippen LogP contribution >= 0.6 is 0 Å². The molecule has 2 aliphatic rings. The van der Waals surface area contributed by atoms with Crippen LogP contribution in [-0.4, -0.2) is 69.2 Å². The lowest BCUT2D eigenvalue weighted by molar-refractivity contribution is 0.169. The molecule has 1 unspecified atom stereocenters. The van der Waals surface area contributed by atoms with Gasteiger partial charge in [-0.1, -0.05) is 6.42 Å². The molecule has 112 valence electrons. The van der Waals surface area contributed by atoms with E-state index in [9.17, 15) is 8.42 Å². The maximum Gasteiger partial charge on any atom is 0.214 e. The molecule has 0 bridgehead atoms. The van der Waals surface area contributed by atoms with E-state index in [-0.39, 0.29) is 5.75 Å². The van der Waals surface area contributed by atoms with Crippen molar-refractivity contribution < 1.29 is 8.42 Å². The van der Waals surface area contributed by atoms with Crippen LogP contribution < -0.4 is 5.32 Å². The van der Waals surface area contributed by atoms with Crippen LogP contribution in [-0.2, 0) is 10.0 Å². The van der Waals surface area contributed by atoms with Crippen molar-refractivity contribution in [2.24, 2.45) is 0 Å². The monoisotopic (exact) mass is 289 g/mol. The largest absolute Gasteiger partial charge is 0.320 e. The van der Waals surface area contributed by atoms with Crippen LogP contribution in [0, 0.1) is 0 Å². The minimum atomic E-state index is -3.04. The highest BCUT2D eigenvalue weighted by molar-refractivity contribution is 7.89. The van der Waals surface area contributed by atoms with Crippen LogP contribution in [0.5, 0.6) is 0 Å². The molecule has 1 atom stereocenters. The number of likely N-dealkylation sites (tertiary alicyclic amines) is 1. The summed E-state index contributed by atoms with van der Waals surface area (Å²) < 4.78 is 26.1. The van der Waals surface area contributed by atoms with E-state index >= 15 is 0 Å². The summed E-state index contributed by atoms with van der Waals surface area (Å²) in [4.78, 5) is 2.49. The van der Waals surface area contributed by atoms with Crippen LogP contribution in [0.3, 0.4) is 0 Å². The van der Waals surface area contributed by atoms with Gasteiger partial charge in [0.1, 0.15) is 0 Å². The smallest absolute Gasteiger partial charge is 0.214 e. The summed E-state index contributed by atoms with van der Waals surface area (Å²) in [5, 5.41) is 3.00. The number of rotatable bonds is 6. The van der Waals surface area contributed by atoms with Gasteiger partial charge in [-0.3, -0.25) is 4.90 Å². The van der Waals surface area contributed by atoms with Crippen molar-refractivity contribution in [2.75, 3.05) is 45.5 Å². The summed E-state index contributed by atoms with van der Waals surface area (Å²) in [6.45, 7) is 4.49. The molecule has 0 saturated carbocycles. The van der Waals surface area contributed by atoms with E-state index in [0.717, 1.165) is 26.1 Å². The molecule has 0 radical (unpaired) electrons. The first kappa shape index (κ1) is 15.2. The van der Waals surface area contributed by atoms with Crippen LogP contribution in [0.2, 0.25) is 0 Å². The lowest BCUT2D eigenvalue weighted by atomic mass is 10.1. The van der Waals surface area contributed by atoms with Crippen LogP contribution in [0.15, 0.2) is 0 Å². The zero-order chi connectivity index (χ0) is 13.7. The summed E-state index contributed by atoms with van der Waals surface area (Å²) in [6, 6.07) is 0.458. The van der Waals surface area contributed by atoms with Crippen molar-refractivity contribution in [3.8, 4) is 0 Å². The molecule has 0 aromatic rings. The number of sulfonamides is 1. The average Bonchev–Trinajstić information content (AvgIpc) is 2.90. The first-order chi connectivity index (χ1) is 9.13. The summed E-state index contributed by atoms with van der Waals surface area (Å²) >= 11 is 0. The number of hydrogen-bond donors (Lipinski definition) is 1. The van der Waals surface area contributed by atoms with E-state index in [1.54, 1.807) is 4.31 Å². The highest BCUT2D eigenvalue weighted by atomic mass is 32.2. The van der Waals surface area contributed by atoms with E-state index in [0.29, 0.717) is 25.6 Å².